The molecule has 20 heavy (non-hydrogen) atoms. The van der Waals surface area contributed by atoms with Crippen molar-refractivity contribution < 1.29 is 4.74 Å². The zero-order valence-electron chi connectivity index (χ0n) is 11.2. The van der Waals surface area contributed by atoms with Gasteiger partial charge in [0.15, 0.2) is 0 Å². The number of methoxy groups -OCH3 is 1. The van der Waals surface area contributed by atoms with Crippen molar-refractivity contribution in [2.24, 2.45) is 4.99 Å². The van der Waals surface area contributed by atoms with Crippen LogP contribution in [0.25, 0.3) is 11.1 Å². The second-order valence-corrected chi connectivity index (χ2v) is 4.99. The summed E-state index contributed by atoms with van der Waals surface area (Å²) in [5, 5.41) is 4.01. The lowest BCUT2D eigenvalue weighted by atomic mass is 10.0. The molecular formula is C16H15ClN2O. The number of hydrogen-bond donors (Lipinski definition) is 1. The van der Waals surface area contributed by atoms with Crippen LogP contribution in [0.1, 0.15) is 5.56 Å². The second kappa shape index (κ2) is 5.55. The third kappa shape index (κ3) is 2.49. The van der Waals surface area contributed by atoms with E-state index in [-0.39, 0.29) is 0 Å². The van der Waals surface area contributed by atoms with E-state index >= 15 is 0 Å². The van der Waals surface area contributed by atoms with Gasteiger partial charge in [-0.2, -0.15) is 0 Å². The van der Waals surface area contributed by atoms with E-state index in [1.165, 1.54) is 0 Å². The highest BCUT2D eigenvalue weighted by Crippen LogP contribution is 2.30. The molecule has 1 aliphatic rings. The molecular weight excluding hydrogens is 272 g/mol. The number of halogens is 1. The highest BCUT2D eigenvalue weighted by atomic mass is 35.5. The topological polar surface area (TPSA) is 33.6 Å². The summed E-state index contributed by atoms with van der Waals surface area (Å²) in [5.74, 6) is 1.78. The summed E-state index contributed by atoms with van der Waals surface area (Å²) in [4.78, 5) is 4.44. The summed E-state index contributed by atoms with van der Waals surface area (Å²) in [5.41, 5.74) is 3.14. The molecule has 1 N–H and O–H groups in total. The fraction of sp³-hybridized carbons (Fsp3) is 0.188. The minimum atomic E-state index is 0.734. The first-order chi connectivity index (χ1) is 9.78. The first kappa shape index (κ1) is 13.0. The third-order valence-corrected chi connectivity index (χ3v) is 3.64. The van der Waals surface area contributed by atoms with E-state index in [4.69, 9.17) is 16.3 Å². The van der Waals surface area contributed by atoms with Gasteiger partial charge in [-0.25, -0.2) is 0 Å². The van der Waals surface area contributed by atoms with E-state index in [1.54, 1.807) is 7.11 Å². The Balaban J connectivity index is 2.00. The van der Waals surface area contributed by atoms with E-state index in [0.717, 1.165) is 46.4 Å². The van der Waals surface area contributed by atoms with Crippen LogP contribution in [0.4, 0.5) is 0 Å². The lowest BCUT2D eigenvalue weighted by molar-refractivity contribution is 0.415. The number of nitrogens with one attached hydrogen (secondary N) is 1. The normalized spacial score (nSPS) is 13.8. The molecule has 102 valence electrons. The van der Waals surface area contributed by atoms with Gasteiger partial charge in [0.1, 0.15) is 11.6 Å². The molecule has 0 amide bonds. The van der Waals surface area contributed by atoms with Crippen molar-refractivity contribution in [3.8, 4) is 16.9 Å². The van der Waals surface area contributed by atoms with Gasteiger partial charge < -0.3 is 10.1 Å². The van der Waals surface area contributed by atoms with E-state index in [9.17, 15) is 0 Å². The monoisotopic (exact) mass is 286 g/mol. The molecule has 0 saturated carbocycles. The molecule has 0 unspecified atom stereocenters. The van der Waals surface area contributed by atoms with Gasteiger partial charge >= 0.3 is 0 Å². The summed E-state index contributed by atoms with van der Waals surface area (Å²) >= 11 is 6.32. The number of aliphatic imine (C=N–C) groups is 1. The number of hydrogen-bond acceptors (Lipinski definition) is 3. The van der Waals surface area contributed by atoms with Crippen LogP contribution in [0.5, 0.6) is 5.75 Å². The van der Waals surface area contributed by atoms with Crippen molar-refractivity contribution in [2.45, 2.75) is 0 Å². The number of ether oxygens (including phenoxy) is 1. The van der Waals surface area contributed by atoms with Crippen molar-refractivity contribution in [3.63, 3.8) is 0 Å². The standard InChI is InChI=1S/C16H15ClN2O/c1-20-13-5-2-11(3-6-13)14-10-12(4-7-15(14)17)16-18-8-9-19-16/h2-7,10H,8-9H2,1H3,(H,18,19). The van der Waals surface area contributed by atoms with Crippen molar-refractivity contribution in [1.29, 1.82) is 0 Å². The summed E-state index contributed by atoms with van der Waals surface area (Å²) < 4.78 is 5.18. The van der Waals surface area contributed by atoms with Gasteiger partial charge in [0.05, 0.1) is 13.7 Å². The van der Waals surface area contributed by atoms with Gasteiger partial charge in [0.25, 0.3) is 0 Å². The SMILES string of the molecule is COc1ccc(-c2cc(C3=NCCN3)ccc2Cl)cc1. The molecule has 0 aromatic heterocycles. The first-order valence-electron chi connectivity index (χ1n) is 6.50. The van der Waals surface area contributed by atoms with Gasteiger partial charge in [-0.3, -0.25) is 4.99 Å². The average Bonchev–Trinajstić information content (AvgIpc) is 3.02. The number of amidine groups is 1. The van der Waals surface area contributed by atoms with Crippen LogP contribution in [0.2, 0.25) is 5.02 Å². The fourth-order valence-electron chi connectivity index (χ4n) is 2.26. The van der Waals surface area contributed by atoms with E-state index < -0.39 is 0 Å². The fourth-order valence-corrected chi connectivity index (χ4v) is 2.48. The second-order valence-electron chi connectivity index (χ2n) is 4.58. The smallest absolute Gasteiger partial charge is 0.128 e. The molecule has 0 aliphatic carbocycles. The molecule has 0 atom stereocenters. The van der Waals surface area contributed by atoms with Gasteiger partial charge in [-0.1, -0.05) is 23.7 Å². The van der Waals surface area contributed by atoms with E-state index in [2.05, 4.69) is 16.4 Å². The van der Waals surface area contributed by atoms with Gasteiger partial charge in [0, 0.05) is 22.7 Å². The van der Waals surface area contributed by atoms with Gasteiger partial charge in [-0.05, 0) is 35.9 Å². The zero-order valence-corrected chi connectivity index (χ0v) is 11.9. The molecule has 3 rings (SSSR count). The van der Waals surface area contributed by atoms with E-state index in [1.807, 2.05) is 36.4 Å². The minimum absolute atomic E-state index is 0.734. The van der Waals surface area contributed by atoms with Gasteiger partial charge in [0.2, 0.25) is 0 Å². The predicted octanol–water partition coefficient (Wildman–Crippen LogP) is 3.37. The summed E-state index contributed by atoms with van der Waals surface area (Å²) in [6.45, 7) is 1.73. The highest BCUT2D eigenvalue weighted by molar-refractivity contribution is 6.33. The maximum Gasteiger partial charge on any atom is 0.128 e. The molecule has 2 aromatic rings. The lowest BCUT2D eigenvalue weighted by Crippen LogP contribution is -2.19. The molecule has 3 nitrogen and oxygen atoms in total. The molecule has 4 heteroatoms. The quantitative estimate of drug-likeness (QED) is 0.938. The molecule has 2 aromatic carbocycles. The van der Waals surface area contributed by atoms with Crippen LogP contribution < -0.4 is 10.1 Å². The predicted molar refractivity (Wildman–Crippen MR) is 82.8 cm³/mol. The third-order valence-electron chi connectivity index (χ3n) is 3.31. The minimum Gasteiger partial charge on any atom is -0.497 e. The Morgan fingerprint density at radius 2 is 1.85 bits per heavy atom. The largest absolute Gasteiger partial charge is 0.497 e. The molecule has 0 fully saturated rings. The maximum absolute atomic E-state index is 6.32. The summed E-state index contributed by atoms with van der Waals surface area (Å²) in [6.07, 6.45) is 0. The van der Waals surface area contributed by atoms with E-state index in [0.29, 0.717) is 0 Å². The van der Waals surface area contributed by atoms with Crippen LogP contribution in [-0.4, -0.2) is 26.0 Å². The average molecular weight is 287 g/mol. The van der Waals surface area contributed by atoms with Crippen LogP contribution >= 0.6 is 11.6 Å². The Morgan fingerprint density at radius 1 is 1.10 bits per heavy atom. The van der Waals surface area contributed by atoms with Crippen LogP contribution in [-0.2, 0) is 0 Å². The number of nitrogens with zero attached hydrogens (tertiary/aromatic N) is 1. The Kier molecular flexibility index (Phi) is 3.61. The Hall–Kier alpha value is -2.00. The Morgan fingerprint density at radius 3 is 2.50 bits per heavy atom. The van der Waals surface area contributed by atoms with Crippen LogP contribution in [0.3, 0.4) is 0 Å². The Bertz CT molecular complexity index is 650. The molecule has 0 saturated heterocycles. The molecule has 0 radical (unpaired) electrons. The molecule has 0 bridgehead atoms. The zero-order chi connectivity index (χ0) is 13.9. The molecule has 0 spiro atoms. The highest BCUT2D eigenvalue weighted by Gasteiger charge is 2.11. The molecule has 1 aliphatic heterocycles. The lowest BCUT2D eigenvalue weighted by Gasteiger charge is -2.09. The molecule has 1 heterocycles. The van der Waals surface area contributed by atoms with Crippen LogP contribution in [0, 0.1) is 0 Å². The van der Waals surface area contributed by atoms with Crippen molar-refractivity contribution in [3.05, 3.63) is 53.1 Å². The number of rotatable bonds is 3. The first-order valence-corrected chi connectivity index (χ1v) is 6.88. The number of benzene rings is 2. The summed E-state index contributed by atoms with van der Waals surface area (Å²) in [7, 11) is 1.66. The van der Waals surface area contributed by atoms with Crippen molar-refractivity contribution >= 4 is 17.4 Å². The maximum atomic E-state index is 6.32. The summed E-state index contributed by atoms with van der Waals surface area (Å²) in [6, 6.07) is 13.9. The van der Waals surface area contributed by atoms with Crippen molar-refractivity contribution in [2.75, 3.05) is 20.2 Å². The Labute approximate surface area is 123 Å². The van der Waals surface area contributed by atoms with Gasteiger partial charge in [-0.15, -0.1) is 0 Å². The van der Waals surface area contributed by atoms with Crippen LogP contribution in [0.15, 0.2) is 47.5 Å². The van der Waals surface area contributed by atoms with Crippen molar-refractivity contribution in [1.82, 2.24) is 5.32 Å².